The molecule has 3 aromatic carbocycles. The Labute approximate surface area is 122 Å². The Morgan fingerprint density at radius 2 is 1.62 bits per heavy atom. The van der Waals surface area contributed by atoms with Gasteiger partial charge in [0.15, 0.2) is 11.8 Å². The Bertz CT molecular complexity index is 878. The van der Waals surface area contributed by atoms with E-state index < -0.39 is 6.04 Å². The number of Topliss-reactive ketones (excluding diaryl/α,β-unsaturated/α-hetero) is 1. The molecule has 0 N–H and O–H groups in total. The molecule has 0 bridgehead atoms. The zero-order chi connectivity index (χ0) is 14.2. The van der Waals surface area contributed by atoms with Crippen LogP contribution in [0.25, 0.3) is 10.8 Å². The van der Waals surface area contributed by atoms with Gasteiger partial charge in [-0.25, -0.2) is 0 Å². The van der Waals surface area contributed by atoms with Crippen molar-refractivity contribution in [1.82, 2.24) is 0 Å². The molecular formula is C18H12N2O. The van der Waals surface area contributed by atoms with Crippen LogP contribution in [0.3, 0.4) is 0 Å². The Morgan fingerprint density at radius 3 is 2.57 bits per heavy atom. The van der Waals surface area contributed by atoms with Gasteiger partial charge in [-0.05, 0) is 16.8 Å². The predicted molar refractivity (Wildman–Crippen MR) is 82.0 cm³/mol. The maximum atomic E-state index is 12.9. The average Bonchev–Trinajstić information content (AvgIpc) is 2.98. The van der Waals surface area contributed by atoms with Gasteiger partial charge in [0.2, 0.25) is 0 Å². The number of hydrogen-bond acceptors (Lipinski definition) is 3. The van der Waals surface area contributed by atoms with E-state index in [0.717, 1.165) is 22.0 Å². The lowest BCUT2D eigenvalue weighted by Gasteiger charge is -2.09. The number of azo groups is 1. The summed E-state index contributed by atoms with van der Waals surface area (Å²) in [5.74, 6) is 0.000463. The van der Waals surface area contributed by atoms with Crippen LogP contribution in [0.15, 0.2) is 77.0 Å². The highest BCUT2D eigenvalue weighted by molar-refractivity contribution is 6.11. The van der Waals surface area contributed by atoms with Crippen LogP contribution in [-0.4, -0.2) is 5.78 Å². The lowest BCUT2D eigenvalue weighted by Crippen LogP contribution is -2.09. The third kappa shape index (κ3) is 1.86. The lowest BCUT2D eigenvalue weighted by molar-refractivity contribution is 0.0964. The Balaban J connectivity index is 1.84. The zero-order valence-electron chi connectivity index (χ0n) is 11.2. The second-order valence-electron chi connectivity index (χ2n) is 5.07. The molecule has 0 saturated heterocycles. The van der Waals surface area contributed by atoms with Crippen LogP contribution < -0.4 is 0 Å². The van der Waals surface area contributed by atoms with E-state index in [9.17, 15) is 4.79 Å². The first kappa shape index (κ1) is 12.0. The molecule has 3 nitrogen and oxygen atoms in total. The number of carbonyl (C=O) groups excluding carboxylic acids is 1. The Hall–Kier alpha value is -2.81. The normalized spacial score (nSPS) is 16.1. The average molecular weight is 272 g/mol. The van der Waals surface area contributed by atoms with E-state index in [4.69, 9.17) is 0 Å². The number of rotatable bonds is 2. The van der Waals surface area contributed by atoms with Gasteiger partial charge in [-0.1, -0.05) is 60.7 Å². The molecule has 0 fully saturated rings. The molecule has 0 aliphatic carbocycles. The second-order valence-corrected chi connectivity index (χ2v) is 5.07. The molecule has 3 aromatic rings. The third-order valence-corrected chi connectivity index (χ3v) is 3.82. The van der Waals surface area contributed by atoms with Crippen LogP contribution in [0, 0.1) is 0 Å². The summed E-state index contributed by atoms with van der Waals surface area (Å²) in [6.07, 6.45) is 0. The smallest absolute Gasteiger partial charge is 0.194 e. The fourth-order valence-corrected chi connectivity index (χ4v) is 2.77. The number of nitrogens with zero attached hydrogens (tertiary/aromatic N) is 2. The van der Waals surface area contributed by atoms with Crippen LogP contribution in [0.4, 0.5) is 5.69 Å². The summed E-state index contributed by atoms with van der Waals surface area (Å²) in [4.78, 5) is 12.9. The lowest BCUT2D eigenvalue weighted by atomic mass is 9.94. The van der Waals surface area contributed by atoms with Gasteiger partial charge in [0, 0.05) is 11.1 Å². The number of ketones is 1. The van der Waals surface area contributed by atoms with Crippen LogP contribution >= 0.6 is 0 Å². The molecule has 1 aliphatic rings. The Kier molecular flexibility index (Phi) is 2.64. The number of hydrogen-bond donors (Lipinski definition) is 0. The van der Waals surface area contributed by atoms with Crippen LogP contribution in [0.2, 0.25) is 0 Å². The van der Waals surface area contributed by atoms with Crippen molar-refractivity contribution in [1.29, 1.82) is 0 Å². The summed E-state index contributed by atoms with van der Waals surface area (Å²) in [5.41, 5.74) is 2.38. The Morgan fingerprint density at radius 1 is 0.857 bits per heavy atom. The molecular weight excluding hydrogens is 260 g/mol. The molecule has 0 spiro atoms. The van der Waals surface area contributed by atoms with E-state index in [0.29, 0.717) is 5.56 Å². The van der Waals surface area contributed by atoms with Gasteiger partial charge >= 0.3 is 0 Å². The minimum Gasteiger partial charge on any atom is -0.291 e. The van der Waals surface area contributed by atoms with Gasteiger partial charge in [-0.15, -0.1) is 0 Å². The summed E-state index contributed by atoms with van der Waals surface area (Å²) in [6, 6.07) is 20.8. The molecule has 1 heterocycles. The van der Waals surface area contributed by atoms with E-state index in [-0.39, 0.29) is 5.78 Å². The third-order valence-electron chi connectivity index (χ3n) is 3.82. The molecule has 0 saturated carbocycles. The molecule has 1 atom stereocenters. The molecule has 0 amide bonds. The van der Waals surface area contributed by atoms with Crippen molar-refractivity contribution >= 4 is 22.2 Å². The van der Waals surface area contributed by atoms with E-state index in [1.807, 2.05) is 66.7 Å². The van der Waals surface area contributed by atoms with Crippen molar-refractivity contribution in [2.24, 2.45) is 10.2 Å². The molecule has 100 valence electrons. The number of carbonyl (C=O) groups is 1. The fourth-order valence-electron chi connectivity index (χ4n) is 2.77. The number of benzene rings is 3. The van der Waals surface area contributed by atoms with Crippen LogP contribution in [0.5, 0.6) is 0 Å². The summed E-state index contributed by atoms with van der Waals surface area (Å²) in [7, 11) is 0. The molecule has 21 heavy (non-hydrogen) atoms. The monoisotopic (exact) mass is 272 g/mol. The molecule has 0 aromatic heterocycles. The first-order valence-corrected chi connectivity index (χ1v) is 6.86. The SMILES string of the molecule is O=C(c1cccc2ccccc12)C1N=Nc2ccccc21. The maximum Gasteiger partial charge on any atom is 0.194 e. The van der Waals surface area contributed by atoms with E-state index in [1.54, 1.807) is 0 Å². The highest BCUT2D eigenvalue weighted by Gasteiger charge is 2.28. The van der Waals surface area contributed by atoms with Crippen LogP contribution in [-0.2, 0) is 0 Å². The second kappa shape index (κ2) is 4.63. The quantitative estimate of drug-likeness (QED) is 0.614. The molecule has 3 heteroatoms. The standard InChI is InChI=1S/C18H12N2O/c21-18(17-15-9-3-4-11-16(15)19-20-17)14-10-5-7-12-6-1-2-8-13(12)14/h1-11,17H. The van der Waals surface area contributed by atoms with Gasteiger partial charge in [-0.2, -0.15) is 10.2 Å². The van der Waals surface area contributed by atoms with Gasteiger partial charge in [0.25, 0.3) is 0 Å². The first-order chi connectivity index (χ1) is 10.3. The largest absolute Gasteiger partial charge is 0.291 e. The molecule has 1 unspecified atom stereocenters. The predicted octanol–water partition coefficient (Wildman–Crippen LogP) is 4.86. The molecule has 1 aliphatic heterocycles. The fraction of sp³-hybridized carbons (Fsp3) is 0.0556. The first-order valence-electron chi connectivity index (χ1n) is 6.86. The topological polar surface area (TPSA) is 41.8 Å². The highest BCUT2D eigenvalue weighted by atomic mass is 16.1. The van der Waals surface area contributed by atoms with Gasteiger partial charge in [0.05, 0.1) is 5.69 Å². The van der Waals surface area contributed by atoms with E-state index >= 15 is 0 Å². The van der Waals surface area contributed by atoms with Crippen molar-refractivity contribution in [3.8, 4) is 0 Å². The summed E-state index contributed by atoms with van der Waals surface area (Å²) >= 11 is 0. The van der Waals surface area contributed by atoms with E-state index in [2.05, 4.69) is 10.2 Å². The summed E-state index contributed by atoms with van der Waals surface area (Å²) in [6.45, 7) is 0. The van der Waals surface area contributed by atoms with Crippen molar-refractivity contribution in [3.63, 3.8) is 0 Å². The molecule has 4 rings (SSSR count). The van der Waals surface area contributed by atoms with Gasteiger partial charge in [0.1, 0.15) is 0 Å². The zero-order valence-corrected chi connectivity index (χ0v) is 11.2. The van der Waals surface area contributed by atoms with E-state index in [1.165, 1.54) is 0 Å². The highest BCUT2D eigenvalue weighted by Crippen LogP contribution is 2.38. The maximum absolute atomic E-state index is 12.9. The number of fused-ring (bicyclic) bond motifs is 2. The van der Waals surface area contributed by atoms with Gasteiger partial charge in [-0.3, -0.25) is 4.79 Å². The minimum atomic E-state index is -0.521. The van der Waals surface area contributed by atoms with Crippen LogP contribution in [0.1, 0.15) is 22.0 Å². The van der Waals surface area contributed by atoms with Crippen molar-refractivity contribution < 1.29 is 4.79 Å². The van der Waals surface area contributed by atoms with Crippen molar-refractivity contribution in [2.75, 3.05) is 0 Å². The van der Waals surface area contributed by atoms with Gasteiger partial charge < -0.3 is 0 Å². The summed E-state index contributed by atoms with van der Waals surface area (Å²) in [5, 5.41) is 10.3. The molecule has 0 radical (unpaired) electrons. The minimum absolute atomic E-state index is 0.000463. The van der Waals surface area contributed by atoms with Crippen molar-refractivity contribution in [3.05, 3.63) is 77.9 Å². The summed E-state index contributed by atoms with van der Waals surface area (Å²) < 4.78 is 0. The van der Waals surface area contributed by atoms with Crippen molar-refractivity contribution in [2.45, 2.75) is 6.04 Å².